The molecule has 1 aromatic heterocycles. The monoisotopic (exact) mass is 407 g/mol. The number of nitrogens with zero attached hydrogens (tertiary/aromatic N) is 3. The number of ether oxygens (including phenoxy) is 1. The van der Waals surface area contributed by atoms with Crippen LogP contribution < -0.4 is 15.6 Å². The summed E-state index contributed by atoms with van der Waals surface area (Å²) in [5.74, 6) is 0.230. The Kier molecular flexibility index (Phi) is 6.20. The van der Waals surface area contributed by atoms with Gasteiger partial charge in [0.05, 0.1) is 17.6 Å². The molecular formula is C18H25N5O4S. The van der Waals surface area contributed by atoms with Gasteiger partial charge in [-0.2, -0.15) is 9.40 Å². The molecule has 1 fully saturated rings. The zero-order chi connectivity index (χ0) is 20.1. The molecule has 1 amide bonds. The summed E-state index contributed by atoms with van der Waals surface area (Å²) in [5, 5.41) is 4.10. The number of aryl methyl sites for hydroxylation is 1. The van der Waals surface area contributed by atoms with E-state index in [1.54, 1.807) is 24.0 Å². The molecule has 0 unspecified atom stereocenters. The van der Waals surface area contributed by atoms with E-state index in [-0.39, 0.29) is 16.2 Å². The summed E-state index contributed by atoms with van der Waals surface area (Å²) < 4.78 is 34.4. The van der Waals surface area contributed by atoms with Crippen LogP contribution in [0.15, 0.2) is 35.4 Å². The van der Waals surface area contributed by atoms with E-state index in [0.717, 1.165) is 25.7 Å². The molecule has 2 aromatic rings. The van der Waals surface area contributed by atoms with E-state index in [4.69, 9.17) is 4.74 Å². The van der Waals surface area contributed by atoms with Crippen molar-refractivity contribution in [3.05, 3.63) is 36.0 Å². The number of anilines is 1. The van der Waals surface area contributed by atoms with Gasteiger partial charge in [-0.05, 0) is 31.0 Å². The van der Waals surface area contributed by atoms with E-state index in [9.17, 15) is 13.2 Å². The fourth-order valence-corrected chi connectivity index (χ4v) is 4.67. The van der Waals surface area contributed by atoms with Gasteiger partial charge in [-0.15, -0.1) is 0 Å². The second kappa shape index (κ2) is 8.61. The van der Waals surface area contributed by atoms with Crippen molar-refractivity contribution in [2.24, 2.45) is 7.05 Å². The van der Waals surface area contributed by atoms with Crippen LogP contribution in [-0.2, 0) is 17.1 Å². The van der Waals surface area contributed by atoms with E-state index in [1.165, 1.54) is 29.6 Å². The molecule has 1 saturated heterocycles. The minimum atomic E-state index is -3.67. The molecule has 2 heterocycles. The second-order valence-corrected chi connectivity index (χ2v) is 8.57. The van der Waals surface area contributed by atoms with Gasteiger partial charge in [-0.25, -0.2) is 8.42 Å². The lowest BCUT2D eigenvalue weighted by molar-refractivity contribution is 0.0959. The van der Waals surface area contributed by atoms with Gasteiger partial charge in [0.15, 0.2) is 5.82 Å². The van der Waals surface area contributed by atoms with Crippen LogP contribution in [0.3, 0.4) is 0 Å². The van der Waals surface area contributed by atoms with Crippen LogP contribution >= 0.6 is 0 Å². The number of hydrazine groups is 1. The van der Waals surface area contributed by atoms with Crippen molar-refractivity contribution in [2.45, 2.75) is 30.6 Å². The smallest absolute Gasteiger partial charge is 0.273 e. The number of carbonyl (C=O) groups excluding carboxylic acids is 1. The number of benzene rings is 1. The van der Waals surface area contributed by atoms with Gasteiger partial charge in [0.2, 0.25) is 10.0 Å². The quantitative estimate of drug-likeness (QED) is 0.707. The molecule has 0 bridgehead atoms. The average molecular weight is 407 g/mol. The van der Waals surface area contributed by atoms with Crippen molar-refractivity contribution in [1.82, 2.24) is 19.5 Å². The van der Waals surface area contributed by atoms with Crippen LogP contribution in [0.2, 0.25) is 0 Å². The number of sulfonamides is 1. The SMILES string of the molecule is COc1ccc(S(=O)(=O)N2CCCCCC2)cc1C(=O)NNc1ccn(C)n1. The lowest BCUT2D eigenvalue weighted by Gasteiger charge is -2.20. The number of rotatable bonds is 6. The summed E-state index contributed by atoms with van der Waals surface area (Å²) in [6.07, 6.45) is 5.47. The Balaban J connectivity index is 1.83. The second-order valence-electron chi connectivity index (χ2n) is 6.63. The molecule has 28 heavy (non-hydrogen) atoms. The van der Waals surface area contributed by atoms with E-state index in [0.29, 0.717) is 18.9 Å². The fraction of sp³-hybridized carbons (Fsp3) is 0.444. The number of amides is 1. The summed E-state index contributed by atoms with van der Waals surface area (Å²) in [7, 11) is -0.479. The summed E-state index contributed by atoms with van der Waals surface area (Å²) in [4.78, 5) is 12.7. The minimum Gasteiger partial charge on any atom is -0.496 e. The summed E-state index contributed by atoms with van der Waals surface area (Å²) in [5.41, 5.74) is 5.34. The lowest BCUT2D eigenvalue weighted by atomic mass is 10.2. The van der Waals surface area contributed by atoms with Crippen molar-refractivity contribution in [2.75, 3.05) is 25.6 Å². The van der Waals surface area contributed by atoms with Gasteiger partial charge >= 0.3 is 0 Å². The maximum absolute atomic E-state index is 13.0. The number of nitrogens with one attached hydrogen (secondary N) is 2. The summed E-state index contributed by atoms with van der Waals surface area (Å²) >= 11 is 0. The molecule has 9 nitrogen and oxygen atoms in total. The predicted molar refractivity (Wildman–Crippen MR) is 105 cm³/mol. The maximum Gasteiger partial charge on any atom is 0.273 e. The molecule has 152 valence electrons. The molecule has 2 N–H and O–H groups in total. The van der Waals surface area contributed by atoms with Crippen LogP contribution in [0.4, 0.5) is 5.82 Å². The van der Waals surface area contributed by atoms with Crippen LogP contribution in [0, 0.1) is 0 Å². The van der Waals surface area contributed by atoms with Gasteiger partial charge in [-0.3, -0.25) is 20.3 Å². The number of aromatic nitrogens is 2. The van der Waals surface area contributed by atoms with Crippen molar-refractivity contribution < 1.29 is 17.9 Å². The van der Waals surface area contributed by atoms with Gasteiger partial charge < -0.3 is 4.74 Å². The Hall–Kier alpha value is -2.59. The summed E-state index contributed by atoms with van der Waals surface area (Å²) in [6.45, 7) is 0.994. The van der Waals surface area contributed by atoms with Crippen LogP contribution in [0.5, 0.6) is 5.75 Å². The number of methoxy groups -OCH3 is 1. The van der Waals surface area contributed by atoms with Gasteiger partial charge in [0.1, 0.15) is 5.75 Å². The Morgan fingerprint density at radius 1 is 1.14 bits per heavy atom. The third-order valence-electron chi connectivity index (χ3n) is 4.64. The van der Waals surface area contributed by atoms with Gasteiger partial charge in [0.25, 0.3) is 5.91 Å². The van der Waals surface area contributed by atoms with Crippen LogP contribution in [-0.4, -0.2) is 48.6 Å². The molecular weight excluding hydrogens is 382 g/mol. The zero-order valence-corrected chi connectivity index (χ0v) is 16.8. The number of hydrogen-bond donors (Lipinski definition) is 2. The Morgan fingerprint density at radius 2 is 1.86 bits per heavy atom. The Bertz CT molecular complexity index is 933. The van der Waals surface area contributed by atoms with Crippen molar-refractivity contribution in [1.29, 1.82) is 0 Å². The van der Waals surface area contributed by atoms with Crippen LogP contribution in [0.1, 0.15) is 36.0 Å². The molecule has 0 saturated carbocycles. The largest absolute Gasteiger partial charge is 0.496 e. The Morgan fingerprint density at radius 3 is 2.46 bits per heavy atom. The van der Waals surface area contributed by atoms with Gasteiger partial charge in [-0.1, -0.05) is 12.8 Å². The fourth-order valence-electron chi connectivity index (χ4n) is 3.13. The van der Waals surface area contributed by atoms with E-state index in [2.05, 4.69) is 16.0 Å². The third kappa shape index (κ3) is 4.45. The molecule has 0 spiro atoms. The molecule has 1 aliphatic rings. The van der Waals surface area contributed by atoms with E-state index in [1.807, 2.05) is 0 Å². The highest BCUT2D eigenvalue weighted by atomic mass is 32.2. The number of hydrogen-bond acceptors (Lipinski definition) is 6. The molecule has 1 aliphatic heterocycles. The zero-order valence-electron chi connectivity index (χ0n) is 16.0. The molecule has 0 atom stereocenters. The molecule has 0 aliphatic carbocycles. The third-order valence-corrected chi connectivity index (χ3v) is 6.53. The first-order chi connectivity index (χ1) is 13.4. The first kappa shape index (κ1) is 20.2. The lowest BCUT2D eigenvalue weighted by Crippen LogP contribution is -2.33. The van der Waals surface area contributed by atoms with Crippen molar-refractivity contribution in [3.63, 3.8) is 0 Å². The molecule has 3 rings (SSSR count). The molecule has 0 radical (unpaired) electrons. The molecule has 10 heteroatoms. The maximum atomic E-state index is 13.0. The predicted octanol–water partition coefficient (Wildman–Crippen LogP) is 1.75. The standard InChI is InChI=1S/C18H25N5O4S/c1-22-12-9-17(21-22)19-20-18(24)15-13-14(7-8-16(15)27-2)28(25,26)23-10-5-3-4-6-11-23/h7-9,12-13H,3-6,10-11H2,1-2H3,(H,19,21)(H,20,24). The highest BCUT2D eigenvalue weighted by Crippen LogP contribution is 2.26. The highest BCUT2D eigenvalue weighted by molar-refractivity contribution is 7.89. The van der Waals surface area contributed by atoms with Crippen molar-refractivity contribution >= 4 is 21.7 Å². The minimum absolute atomic E-state index is 0.0817. The normalized spacial score (nSPS) is 15.6. The van der Waals surface area contributed by atoms with E-state index < -0.39 is 15.9 Å². The number of carbonyl (C=O) groups is 1. The highest BCUT2D eigenvalue weighted by Gasteiger charge is 2.27. The topological polar surface area (TPSA) is 106 Å². The van der Waals surface area contributed by atoms with Gasteiger partial charge in [0, 0.05) is 32.4 Å². The molecule has 1 aromatic carbocycles. The van der Waals surface area contributed by atoms with Crippen molar-refractivity contribution in [3.8, 4) is 5.75 Å². The van der Waals surface area contributed by atoms with E-state index >= 15 is 0 Å². The Labute approximate surface area is 164 Å². The summed E-state index contributed by atoms with van der Waals surface area (Å²) in [6, 6.07) is 6.02. The first-order valence-electron chi connectivity index (χ1n) is 9.16. The van der Waals surface area contributed by atoms with Crippen LogP contribution in [0.25, 0.3) is 0 Å². The first-order valence-corrected chi connectivity index (χ1v) is 10.6. The average Bonchev–Trinajstić information content (AvgIpc) is 2.93.